The molecular weight excluding hydrogens is 716 g/mol. The van der Waals surface area contributed by atoms with Crippen molar-refractivity contribution in [2.45, 2.75) is 142 Å². The number of nitrogens with one attached hydrogen (secondary N) is 1. The third kappa shape index (κ3) is 18.1. The summed E-state index contributed by atoms with van der Waals surface area (Å²) in [6.07, 6.45) is 18.8. The zero-order valence-electron chi connectivity index (χ0n) is 31.9. The molecule has 0 heterocycles. The van der Waals surface area contributed by atoms with Crippen molar-refractivity contribution < 1.29 is 49.8 Å². The number of hydrogen-bond acceptors (Lipinski definition) is 6. The maximum Gasteiger partial charge on any atom is 0.459 e. The van der Waals surface area contributed by atoms with Gasteiger partial charge in [-0.15, -0.1) is 0 Å². The van der Waals surface area contributed by atoms with Gasteiger partial charge in [0.25, 0.3) is 0 Å². The molecule has 0 fully saturated rings. The van der Waals surface area contributed by atoms with E-state index in [9.17, 15) is 31.3 Å². The van der Waals surface area contributed by atoms with Gasteiger partial charge in [-0.05, 0) is 30.7 Å². The quantitative estimate of drug-likeness (QED) is 0.0204. The Kier molecular flexibility index (Phi) is 23.9. The highest BCUT2D eigenvalue weighted by Crippen LogP contribution is 2.47. The lowest BCUT2D eigenvalue weighted by Gasteiger charge is -2.25. The van der Waals surface area contributed by atoms with Gasteiger partial charge >= 0.3 is 13.7 Å². The van der Waals surface area contributed by atoms with E-state index >= 15 is 0 Å². The van der Waals surface area contributed by atoms with Crippen LogP contribution in [-0.2, 0) is 29.8 Å². The summed E-state index contributed by atoms with van der Waals surface area (Å²) in [5, 5.41) is 2.38. The summed E-state index contributed by atoms with van der Waals surface area (Å²) in [6.45, 7) is 6.50. The smallest absolute Gasteiger partial charge is 0.459 e. The molecule has 2 rings (SSSR count). The summed E-state index contributed by atoms with van der Waals surface area (Å²) in [7, 11) is -4.99. The molecule has 0 spiro atoms. The minimum atomic E-state index is -4.99. The summed E-state index contributed by atoms with van der Waals surface area (Å²) in [4.78, 5) is 13.3. The molecule has 0 aliphatic carbocycles. The Morgan fingerprint density at radius 2 is 1.15 bits per heavy atom. The summed E-state index contributed by atoms with van der Waals surface area (Å²) >= 11 is 0. The Morgan fingerprint density at radius 3 is 1.68 bits per heavy atom. The molecule has 7 nitrogen and oxygen atoms in total. The van der Waals surface area contributed by atoms with Crippen LogP contribution in [-0.4, -0.2) is 38.4 Å². The number of esters is 1. The van der Waals surface area contributed by atoms with Gasteiger partial charge < -0.3 is 14.0 Å². The van der Waals surface area contributed by atoms with Gasteiger partial charge in [0, 0.05) is 13.2 Å². The molecule has 0 bridgehead atoms. The van der Waals surface area contributed by atoms with E-state index in [2.05, 4.69) is 12.0 Å². The Labute approximate surface area is 313 Å². The van der Waals surface area contributed by atoms with Crippen LogP contribution in [0.1, 0.15) is 135 Å². The molecule has 13 heteroatoms. The predicted molar refractivity (Wildman–Crippen MR) is 198 cm³/mol. The van der Waals surface area contributed by atoms with Crippen molar-refractivity contribution in [2.24, 2.45) is 5.92 Å². The van der Waals surface area contributed by atoms with E-state index in [1.165, 1.54) is 70.6 Å². The van der Waals surface area contributed by atoms with Crippen molar-refractivity contribution in [2.75, 3.05) is 26.4 Å². The Balaban J connectivity index is 1.94. The minimum absolute atomic E-state index is 0.0496. The van der Waals surface area contributed by atoms with E-state index in [1.807, 2.05) is 13.8 Å². The third-order valence-corrected chi connectivity index (χ3v) is 10.8. The van der Waals surface area contributed by atoms with Gasteiger partial charge in [-0.3, -0.25) is 9.32 Å². The zero-order chi connectivity index (χ0) is 38.9. The minimum Gasteiger partial charge on any atom is -0.464 e. The first-order chi connectivity index (χ1) is 25.6. The second-order valence-corrected chi connectivity index (χ2v) is 15.3. The van der Waals surface area contributed by atoms with Crippen LogP contribution in [0.15, 0.2) is 30.3 Å². The molecule has 2 atom stereocenters. The molecule has 0 aromatic heterocycles. The number of carbonyl (C=O) groups is 1. The third-order valence-electron chi connectivity index (χ3n) is 9.21. The second kappa shape index (κ2) is 27.1. The lowest BCUT2D eigenvalue weighted by Crippen LogP contribution is -2.40. The number of hydrogen-bond donors (Lipinski definition) is 1. The highest BCUT2D eigenvalue weighted by Gasteiger charge is 2.38. The number of rotatable bonds is 31. The highest BCUT2D eigenvalue weighted by atomic mass is 31.2. The van der Waals surface area contributed by atoms with Crippen LogP contribution >= 0.6 is 7.75 Å². The fraction of sp³-hybridized carbons (Fsp3) is 0.675. The first-order valence-corrected chi connectivity index (χ1v) is 21.1. The van der Waals surface area contributed by atoms with E-state index in [0.29, 0.717) is 12.2 Å². The molecule has 1 N–H and O–H groups in total. The average molecular weight is 778 g/mol. The first kappa shape index (κ1) is 46.6. The average Bonchev–Trinajstić information content (AvgIpc) is 3.16. The first-order valence-electron chi connectivity index (χ1n) is 19.6. The summed E-state index contributed by atoms with van der Waals surface area (Å²) in [5.41, 5.74) is 0.601. The van der Waals surface area contributed by atoms with Gasteiger partial charge in [-0.2, -0.15) is 13.9 Å². The Hall–Kier alpha value is -2.53. The lowest BCUT2D eigenvalue weighted by atomic mass is 10.0. The molecule has 0 amide bonds. The Morgan fingerprint density at radius 1 is 0.660 bits per heavy atom. The van der Waals surface area contributed by atoms with Crippen LogP contribution in [0.3, 0.4) is 0 Å². The van der Waals surface area contributed by atoms with E-state index in [-0.39, 0.29) is 38.6 Å². The van der Waals surface area contributed by atoms with Gasteiger partial charge in [-0.25, -0.2) is 17.7 Å². The van der Waals surface area contributed by atoms with Crippen molar-refractivity contribution in [3.05, 3.63) is 65.0 Å². The molecule has 2 aromatic carbocycles. The van der Waals surface area contributed by atoms with Crippen LogP contribution in [0.4, 0.5) is 22.0 Å². The van der Waals surface area contributed by atoms with Gasteiger partial charge in [0.1, 0.15) is 6.04 Å². The SMILES string of the molecule is CCCCCCCCCCCCCCCCOCCCOP(=O)(N[C@@H](Cc1ccccc1)C(=O)OCC(CC)CC)Oc1c(F)c(F)c(F)c(F)c1F. The molecule has 53 heavy (non-hydrogen) atoms. The van der Waals surface area contributed by atoms with E-state index in [0.717, 1.165) is 32.1 Å². The van der Waals surface area contributed by atoms with Gasteiger partial charge in [0.2, 0.25) is 34.8 Å². The monoisotopic (exact) mass is 777 g/mol. The van der Waals surface area contributed by atoms with Gasteiger partial charge in [-0.1, -0.05) is 147 Å². The number of halogens is 5. The molecule has 0 aliphatic rings. The van der Waals surface area contributed by atoms with E-state index in [1.54, 1.807) is 30.3 Å². The molecule has 0 radical (unpaired) electrons. The Bertz CT molecular complexity index is 1320. The standard InChI is InChI=1S/C40H61F5NO6P/c1-4-7-8-9-10-11-12-13-14-15-16-17-18-22-26-49-27-23-28-51-53(48,52-39-37(44)35(42)34(41)36(43)38(39)45)46-33(29-32-24-20-19-21-25-32)40(47)50-30-31(5-2)6-3/h19-21,24-25,31,33H,4-18,22-23,26-30H2,1-3H3,(H,46,48)/t33-,53?/m0/s1. The fourth-order valence-corrected chi connectivity index (χ4v) is 7.30. The van der Waals surface area contributed by atoms with Crippen LogP contribution in [0.5, 0.6) is 5.75 Å². The fourth-order valence-electron chi connectivity index (χ4n) is 5.77. The maximum atomic E-state index is 14.7. The largest absolute Gasteiger partial charge is 0.464 e. The number of unbranched alkanes of at least 4 members (excludes halogenated alkanes) is 13. The summed E-state index contributed by atoms with van der Waals surface area (Å²) < 4.78 is 107. The van der Waals surface area contributed by atoms with Crippen LogP contribution in [0, 0.1) is 35.0 Å². The van der Waals surface area contributed by atoms with Crippen LogP contribution in [0.25, 0.3) is 0 Å². The van der Waals surface area contributed by atoms with E-state index in [4.69, 9.17) is 18.5 Å². The molecule has 302 valence electrons. The lowest BCUT2D eigenvalue weighted by molar-refractivity contribution is -0.147. The predicted octanol–water partition coefficient (Wildman–Crippen LogP) is 12.0. The van der Waals surface area contributed by atoms with Gasteiger partial charge in [0.05, 0.1) is 13.2 Å². The topological polar surface area (TPSA) is 83.1 Å². The normalized spacial score (nSPS) is 13.3. The number of benzene rings is 2. The van der Waals surface area contributed by atoms with Crippen LogP contribution in [0.2, 0.25) is 0 Å². The second-order valence-electron chi connectivity index (χ2n) is 13.6. The zero-order valence-corrected chi connectivity index (χ0v) is 32.8. The van der Waals surface area contributed by atoms with Crippen molar-refractivity contribution in [3.63, 3.8) is 0 Å². The molecular formula is C40H61F5NO6P. The van der Waals surface area contributed by atoms with Crippen molar-refractivity contribution in [1.29, 1.82) is 0 Å². The molecule has 0 saturated carbocycles. The van der Waals surface area contributed by atoms with Crippen molar-refractivity contribution in [3.8, 4) is 5.75 Å². The highest BCUT2D eigenvalue weighted by molar-refractivity contribution is 7.52. The summed E-state index contributed by atoms with van der Waals surface area (Å²) in [5.74, 6) is -14.2. The molecule has 1 unspecified atom stereocenters. The number of carbonyl (C=O) groups excluding carboxylic acids is 1. The van der Waals surface area contributed by atoms with Crippen LogP contribution < -0.4 is 9.61 Å². The molecule has 2 aromatic rings. The van der Waals surface area contributed by atoms with E-state index < -0.39 is 54.6 Å². The summed E-state index contributed by atoms with van der Waals surface area (Å²) in [6, 6.07) is 7.11. The maximum absolute atomic E-state index is 14.7. The number of ether oxygens (including phenoxy) is 2. The van der Waals surface area contributed by atoms with Gasteiger partial charge in [0.15, 0.2) is 0 Å². The molecule has 0 saturated heterocycles. The van der Waals surface area contributed by atoms with Crippen molar-refractivity contribution >= 4 is 13.7 Å². The van der Waals surface area contributed by atoms with Crippen molar-refractivity contribution in [1.82, 2.24) is 5.09 Å². The molecule has 0 aliphatic heterocycles.